The van der Waals surface area contributed by atoms with Gasteiger partial charge < -0.3 is 9.84 Å². The van der Waals surface area contributed by atoms with Crippen LogP contribution in [0.4, 0.5) is 5.69 Å². The van der Waals surface area contributed by atoms with Crippen LogP contribution in [0.25, 0.3) is 11.3 Å². The van der Waals surface area contributed by atoms with E-state index in [2.05, 4.69) is 5.10 Å². The van der Waals surface area contributed by atoms with E-state index >= 15 is 0 Å². The summed E-state index contributed by atoms with van der Waals surface area (Å²) in [5, 5.41) is 24.3. The monoisotopic (exact) mass is 305 g/mol. The van der Waals surface area contributed by atoms with E-state index in [1.54, 1.807) is 19.9 Å². The van der Waals surface area contributed by atoms with E-state index in [1.165, 1.54) is 29.9 Å². The first-order chi connectivity index (χ1) is 10.3. The van der Waals surface area contributed by atoms with Gasteiger partial charge in [0.05, 0.1) is 16.7 Å². The molecule has 1 heterocycles. The van der Waals surface area contributed by atoms with E-state index in [-0.39, 0.29) is 23.2 Å². The third-order valence-electron chi connectivity index (χ3n) is 2.91. The third kappa shape index (κ3) is 3.05. The first-order valence-electron chi connectivity index (χ1n) is 6.52. The molecule has 0 aliphatic rings. The van der Waals surface area contributed by atoms with Crippen molar-refractivity contribution in [3.05, 3.63) is 40.1 Å². The van der Waals surface area contributed by atoms with Gasteiger partial charge in [0, 0.05) is 18.7 Å². The van der Waals surface area contributed by atoms with Crippen molar-refractivity contribution in [3.8, 4) is 17.0 Å². The summed E-state index contributed by atoms with van der Waals surface area (Å²) < 4.78 is 6.61. The number of nitro benzene ring substituents is 1. The predicted octanol–water partition coefficient (Wildman–Crippen LogP) is 2.48. The van der Waals surface area contributed by atoms with Crippen LogP contribution >= 0.6 is 0 Å². The lowest BCUT2D eigenvalue weighted by molar-refractivity contribution is -0.386. The molecule has 8 nitrogen and oxygen atoms in total. The molecule has 0 radical (unpaired) electrons. The lowest BCUT2D eigenvalue weighted by atomic mass is 10.1. The summed E-state index contributed by atoms with van der Waals surface area (Å²) in [6, 6.07) is 5.79. The molecule has 0 unspecified atom stereocenters. The number of aryl methyl sites for hydroxylation is 1. The molecule has 1 aromatic heterocycles. The zero-order valence-corrected chi connectivity index (χ0v) is 12.3. The predicted molar refractivity (Wildman–Crippen MR) is 78.0 cm³/mol. The molecular weight excluding hydrogens is 290 g/mol. The summed E-state index contributed by atoms with van der Waals surface area (Å²) in [4.78, 5) is 21.7. The Bertz CT molecular complexity index is 736. The smallest absolute Gasteiger partial charge is 0.354 e. The molecule has 0 spiro atoms. The first-order valence-corrected chi connectivity index (χ1v) is 6.52. The summed E-state index contributed by atoms with van der Waals surface area (Å²) in [6.07, 6.45) is -0.196. The minimum atomic E-state index is -1.12. The first kappa shape index (κ1) is 15.5. The molecule has 0 atom stereocenters. The van der Waals surface area contributed by atoms with Gasteiger partial charge in [-0.05, 0) is 32.0 Å². The van der Waals surface area contributed by atoms with E-state index in [9.17, 15) is 14.9 Å². The molecule has 2 aromatic rings. The number of carboxylic acid groups (broad SMARTS) is 1. The Labute approximate surface area is 126 Å². The number of hydrogen-bond acceptors (Lipinski definition) is 5. The molecule has 116 valence electrons. The maximum absolute atomic E-state index is 11.2. The van der Waals surface area contributed by atoms with Crippen LogP contribution in [0.5, 0.6) is 5.75 Å². The fourth-order valence-corrected chi connectivity index (χ4v) is 1.98. The summed E-state index contributed by atoms with van der Waals surface area (Å²) in [7, 11) is 1.50. The van der Waals surface area contributed by atoms with Gasteiger partial charge in [-0.3, -0.25) is 14.8 Å². The largest absolute Gasteiger partial charge is 0.484 e. The van der Waals surface area contributed by atoms with E-state index in [0.29, 0.717) is 11.3 Å². The lowest BCUT2D eigenvalue weighted by Gasteiger charge is -2.10. The highest BCUT2D eigenvalue weighted by molar-refractivity contribution is 5.87. The topological polar surface area (TPSA) is 107 Å². The van der Waals surface area contributed by atoms with Crippen LogP contribution in [0.3, 0.4) is 0 Å². The third-order valence-corrected chi connectivity index (χ3v) is 2.91. The summed E-state index contributed by atoms with van der Waals surface area (Å²) >= 11 is 0. The molecule has 22 heavy (non-hydrogen) atoms. The Morgan fingerprint density at radius 2 is 2.09 bits per heavy atom. The van der Waals surface area contributed by atoms with Gasteiger partial charge in [-0.25, -0.2) is 4.79 Å². The Kier molecular flexibility index (Phi) is 4.11. The number of rotatable bonds is 5. The van der Waals surface area contributed by atoms with Crippen LogP contribution in [0, 0.1) is 10.1 Å². The van der Waals surface area contributed by atoms with Crippen molar-refractivity contribution in [1.29, 1.82) is 0 Å². The van der Waals surface area contributed by atoms with Crippen molar-refractivity contribution in [2.45, 2.75) is 20.0 Å². The van der Waals surface area contributed by atoms with Crippen molar-refractivity contribution >= 4 is 11.7 Å². The number of nitrogens with zero attached hydrogens (tertiary/aromatic N) is 3. The number of benzene rings is 1. The number of aromatic nitrogens is 2. The number of aromatic carboxylic acids is 1. The van der Waals surface area contributed by atoms with Crippen molar-refractivity contribution in [1.82, 2.24) is 9.78 Å². The maximum Gasteiger partial charge on any atom is 0.354 e. The van der Waals surface area contributed by atoms with E-state index in [1.807, 2.05) is 0 Å². The average Bonchev–Trinajstić information content (AvgIpc) is 2.80. The number of nitro groups is 1. The van der Waals surface area contributed by atoms with Crippen LogP contribution in [-0.2, 0) is 7.05 Å². The second kappa shape index (κ2) is 5.84. The highest BCUT2D eigenvalue weighted by atomic mass is 16.6. The fraction of sp³-hybridized carbons (Fsp3) is 0.286. The fourth-order valence-electron chi connectivity index (χ4n) is 1.98. The van der Waals surface area contributed by atoms with Gasteiger partial charge in [0.15, 0.2) is 5.75 Å². The standard InChI is InChI=1S/C14H15N3O5/c1-8(2)22-13-5-4-9(6-11(13)17(20)21)10-7-12(14(18)19)16(3)15-10/h4-8H,1-3H3,(H,18,19). The van der Waals surface area contributed by atoms with Gasteiger partial charge in [0.2, 0.25) is 0 Å². The van der Waals surface area contributed by atoms with Crippen molar-refractivity contribution in [2.24, 2.45) is 7.05 Å². The molecule has 0 saturated carbocycles. The highest BCUT2D eigenvalue weighted by Gasteiger charge is 2.20. The normalized spacial score (nSPS) is 10.7. The maximum atomic E-state index is 11.2. The van der Waals surface area contributed by atoms with Gasteiger partial charge in [0.1, 0.15) is 5.69 Å². The Balaban J connectivity index is 2.49. The Hall–Kier alpha value is -2.90. The number of carbonyl (C=O) groups is 1. The number of carboxylic acids is 1. The van der Waals surface area contributed by atoms with E-state index in [4.69, 9.17) is 9.84 Å². The van der Waals surface area contributed by atoms with Gasteiger partial charge in [-0.1, -0.05) is 0 Å². The van der Waals surface area contributed by atoms with Crippen molar-refractivity contribution in [3.63, 3.8) is 0 Å². The average molecular weight is 305 g/mol. The minimum absolute atomic E-state index is 0.000148. The summed E-state index contributed by atoms with van der Waals surface area (Å²) in [6.45, 7) is 3.55. The SMILES string of the molecule is CC(C)Oc1ccc(-c2cc(C(=O)O)n(C)n2)cc1[N+](=O)[O-]. The van der Waals surface area contributed by atoms with Crippen LogP contribution in [0.1, 0.15) is 24.3 Å². The molecule has 1 aromatic carbocycles. The van der Waals surface area contributed by atoms with Crippen molar-refractivity contribution < 1.29 is 19.6 Å². The summed E-state index contributed by atoms with van der Waals surface area (Å²) in [5.41, 5.74) is 0.610. The molecule has 8 heteroatoms. The second-order valence-electron chi connectivity index (χ2n) is 4.95. The zero-order valence-electron chi connectivity index (χ0n) is 12.3. The Morgan fingerprint density at radius 3 is 2.59 bits per heavy atom. The number of hydrogen-bond donors (Lipinski definition) is 1. The molecule has 0 bridgehead atoms. The number of ether oxygens (including phenoxy) is 1. The molecule has 0 fully saturated rings. The molecule has 1 N–H and O–H groups in total. The highest BCUT2D eigenvalue weighted by Crippen LogP contribution is 2.32. The lowest BCUT2D eigenvalue weighted by Crippen LogP contribution is -2.07. The van der Waals surface area contributed by atoms with Gasteiger partial charge in [-0.2, -0.15) is 5.10 Å². The second-order valence-corrected chi connectivity index (χ2v) is 4.95. The zero-order chi connectivity index (χ0) is 16.4. The molecule has 2 rings (SSSR count). The van der Waals surface area contributed by atoms with Crippen LogP contribution in [0.15, 0.2) is 24.3 Å². The molecule has 0 saturated heterocycles. The minimum Gasteiger partial charge on any atom is -0.484 e. The molecular formula is C14H15N3O5. The summed E-state index contributed by atoms with van der Waals surface area (Å²) in [5.74, 6) is -0.950. The Morgan fingerprint density at radius 1 is 1.41 bits per heavy atom. The van der Waals surface area contributed by atoms with Crippen molar-refractivity contribution in [2.75, 3.05) is 0 Å². The van der Waals surface area contributed by atoms with Gasteiger partial charge in [0.25, 0.3) is 0 Å². The van der Waals surface area contributed by atoms with Gasteiger partial charge in [-0.15, -0.1) is 0 Å². The van der Waals surface area contributed by atoms with Gasteiger partial charge >= 0.3 is 11.7 Å². The van der Waals surface area contributed by atoms with E-state index in [0.717, 1.165) is 0 Å². The van der Waals surface area contributed by atoms with Crippen LogP contribution in [-0.4, -0.2) is 31.9 Å². The van der Waals surface area contributed by atoms with Crippen LogP contribution < -0.4 is 4.74 Å². The molecule has 0 aliphatic heterocycles. The van der Waals surface area contributed by atoms with E-state index < -0.39 is 10.9 Å². The van der Waals surface area contributed by atoms with Crippen LogP contribution in [0.2, 0.25) is 0 Å². The molecule has 0 aliphatic carbocycles. The quantitative estimate of drug-likeness (QED) is 0.671. The molecule has 0 amide bonds.